The zero-order chi connectivity index (χ0) is 9.52. The zero-order valence-electron chi connectivity index (χ0n) is 7.28. The molecule has 0 aliphatic carbocycles. The van der Waals surface area contributed by atoms with Crippen molar-refractivity contribution in [3.8, 4) is 0 Å². The Bertz CT molecular complexity index is 293. The lowest BCUT2D eigenvalue weighted by Gasteiger charge is -1.95. The SMILES string of the molecule is COC(=O)NC=Cc1cc[c]cc1. The Morgan fingerprint density at radius 2 is 2.23 bits per heavy atom. The number of amides is 1. The molecule has 0 aliphatic heterocycles. The normalized spacial score (nSPS) is 9.92. The molecule has 0 spiro atoms. The summed E-state index contributed by atoms with van der Waals surface area (Å²) < 4.78 is 4.38. The van der Waals surface area contributed by atoms with Crippen molar-refractivity contribution in [1.82, 2.24) is 5.32 Å². The van der Waals surface area contributed by atoms with Crippen LogP contribution in [0.3, 0.4) is 0 Å². The third-order valence-electron chi connectivity index (χ3n) is 1.41. The summed E-state index contributed by atoms with van der Waals surface area (Å²) in [6.45, 7) is 0. The number of carbonyl (C=O) groups is 1. The molecule has 67 valence electrons. The van der Waals surface area contributed by atoms with Gasteiger partial charge in [0.1, 0.15) is 0 Å². The summed E-state index contributed by atoms with van der Waals surface area (Å²) in [5, 5.41) is 2.43. The van der Waals surface area contributed by atoms with Crippen LogP contribution in [-0.4, -0.2) is 13.2 Å². The fourth-order valence-corrected chi connectivity index (χ4v) is 0.776. The van der Waals surface area contributed by atoms with Crippen LogP contribution in [-0.2, 0) is 4.74 Å². The molecular weight excluding hydrogens is 166 g/mol. The predicted octanol–water partition coefficient (Wildman–Crippen LogP) is 1.81. The van der Waals surface area contributed by atoms with Crippen LogP contribution in [0.2, 0.25) is 0 Å². The highest BCUT2D eigenvalue weighted by molar-refractivity contribution is 5.69. The lowest BCUT2D eigenvalue weighted by atomic mass is 10.2. The van der Waals surface area contributed by atoms with E-state index in [1.54, 1.807) is 18.2 Å². The molecule has 0 heterocycles. The van der Waals surface area contributed by atoms with Gasteiger partial charge in [0, 0.05) is 6.20 Å². The predicted molar refractivity (Wildman–Crippen MR) is 49.9 cm³/mol. The number of ether oxygens (including phenoxy) is 1. The first-order valence-electron chi connectivity index (χ1n) is 3.80. The van der Waals surface area contributed by atoms with E-state index in [1.165, 1.54) is 13.3 Å². The van der Waals surface area contributed by atoms with E-state index in [-0.39, 0.29) is 0 Å². The van der Waals surface area contributed by atoms with Crippen LogP contribution in [0.25, 0.3) is 6.08 Å². The van der Waals surface area contributed by atoms with Crippen LogP contribution in [0, 0.1) is 6.07 Å². The van der Waals surface area contributed by atoms with E-state index in [0.29, 0.717) is 0 Å². The van der Waals surface area contributed by atoms with Gasteiger partial charge in [0.05, 0.1) is 7.11 Å². The van der Waals surface area contributed by atoms with Crippen LogP contribution in [0.4, 0.5) is 4.79 Å². The summed E-state index contributed by atoms with van der Waals surface area (Å²) in [6, 6.07) is 10.3. The van der Waals surface area contributed by atoms with Gasteiger partial charge in [-0.3, -0.25) is 5.32 Å². The average Bonchev–Trinajstić information content (AvgIpc) is 2.19. The van der Waals surface area contributed by atoms with Crippen molar-refractivity contribution in [2.24, 2.45) is 0 Å². The van der Waals surface area contributed by atoms with Gasteiger partial charge in [-0.2, -0.15) is 0 Å². The lowest BCUT2D eigenvalue weighted by molar-refractivity contribution is 0.175. The first kappa shape index (κ1) is 9.32. The van der Waals surface area contributed by atoms with Gasteiger partial charge in [-0.05, 0) is 17.7 Å². The Balaban J connectivity index is 2.45. The highest BCUT2D eigenvalue weighted by atomic mass is 16.5. The van der Waals surface area contributed by atoms with Gasteiger partial charge < -0.3 is 4.74 Å². The number of alkyl carbamates (subject to hydrolysis) is 1. The lowest BCUT2D eigenvalue weighted by Crippen LogP contribution is -2.15. The monoisotopic (exact) mass is 176 g/mol. The molecule has 0 atom stereocenters. The van der Waals surface area contributed by atoms with E-state index < -0.39 is 6.09 Å². The maximum atomic E-state index is 10.6. The molecule has 1 N–H and O–H groups in total. The standard InChI is InChI=1S/C10H10NO2/c1-13-10(12)11-8-7-9-5-3-2-4-6-9/h3-8H,1H3,(H,11,12). The molecule has 1 aromatic rings. The molecule has 1 aromatic carbocycles. The van der Waals surface area contributed by atoms with E-state index in [4.69, 9.17) is 0 Å². The molecule has 3 heteroatoms. The zero-order valence-corrected chi connectivity index (χ0v) is 7.28. The summed E-state index contributed by atoms with van der Waals surface area (Å²) in [5.74, 6) is 0. The molecule has 1 amide bonds. The number of carbonyl (C=O) groups excluding carboxylic acids is 1. The average molecular weight is 176 g/mol. The molecule has 13 heavy (non-hydrogen) atoms. The minimum Gasteiger partial charge on any atom is -0.453 e. The number of hydrogen-bond donors (Lipinski definition) is 1. The van der Waals surface area contributed by atoms with Crippen molar-refractivity contribution in [1.29, 1.82) is 0 Å². The van der Waals surface area contributed by atoms with Crippen molar-refractivity contribution in [3.63, 3.8) is 0 Å². The Hall–Kier alpha value is -1.77. The van der Waals surface area contributed by atoms with E-state index in [1.807, 2.05) is 12.1 Å². The fraction of sp³-hybridized carbons (Fsp3) is 0.100. The van der Waals surface area contributed by atoms with Crippen molar-refractivity contribution in [3.05, 3.63) is 42.1 Å². The number of hydrogen-bond acceptors (Lipinski definition) is 2. The molecule has 0 fully saturated rings. The van der Waals surface area contributed by atoms with Crippen LogP contribution in [0.15, 0.2) is 30.5 Å². The molecular formula is C10H10NO2. The maximum Gasteiger partial charge on any atom is 0.410 e. The molecule has 1 rings (SSSR count). The van der Waals surface area contributed by atoms with Crippen molar-refractivity contribution < 1.29 is 9.53 Å². The van der Waals surface area contributed by atoms with Gasteiger partial charge in [-0.25, -0.2) is 4.79 Å². The van der Waals surface area contributed by atoms with Gasteiger partial charge in [0.2, 0.25) is 0 Å². The molecule has 0 aromatic heterocycles. The topological polar surface area (TPSA) is 38.3 Å². The van der Waals surface area contributed by atoms with Crippen LogP contribution in [0.1, 0.15) is 5.56 Å². The van der Waals surface area contributed by atoms with Crippen molar-refractivity contribution in [2.45, 2.75) is 0 Å². The van der Waals surface area contributed by atoms with Crippen molar-refractivity contribution >= 4 is 12.2 Å². The van der Waals surface area contributed by atoms with Crippen LogP contribution < -0.4 is 5.32 Å². The quantitative estimate of drug-likeness (QED) is 0.746. The second kappa shape index (κ2) is 4.98. The smallest absolute Gasteiger partial charge is 0.410 e. The molecule has 0 aliphatic rings. The second-order valence-corrected chi connectivity index (χ2v) is 2.30. The third-order valence-corrected chi connectivity index (χ3v) is 1.41. The number of rotatable bonds is 2. The molecule has 3 nitrogen and oxygen atoms in total. The highest BCUT2D eigenvalue weighted by Crippen LogP contribution is 1.98. The summed E-state index contributed by atoms with van der Waals surface area (Å²) in [4.78, 5) is 10.6. The van der Waals surface area contributed by atoms with Gasteiger partial charge in [-0.15, -0.1) is 0 Å². The van der Waals surface area contributed by atoms with Gasteiger partial charge in [-0.1, -0.05) is 24.3 Å². The highest BCUT2D eigenvalue weighted by Gasteiger charge is 1.90. The van der Waals surface area contributed by atoms with E-state index >= 15 is 0 Å². The first-order chi connectivity index (χ1) is 6.33. The summed E-state index contributed by atoms with van der Waals surface area (Å²) in [5.41, 5.74) is 0.996. The molecule has 0 saturated carbocycles. The van der Waals surface area contributed by atoms with E-state index in [9.17, 15) is 4.79 Å². The van der Waals surface area contributed by atoms with E-state index in [2.05, 4.69) is 16.1 Å². The van der Waals surface area contributed by atoms with Gasteiger partial charge in [0.15, 0.2) is 0 Å². The Morgan fingerprint density at radius 1 is 1.54 bits per heavy atom. The van der Waals surface area contributed by atoms with Crippen molar-refractivity contribution in [2.75, 3.05) is 7.11 Å². The Kier molecular flexibility index (Phi) is 3.57. The number of benzene rings is 1. The molecule has 0 bridgehead atoms. The summed E-state index contributed by atoms with van der Waals surface area (Å²) >= 11 is 0. The second-order valence-electron chi connectivity index (χ2n) is 2.30. The summed E-state index contributed by atoms with van der Waals surface area (Å²) in [7, 11) is 1.32. The third kappa shape index (κ3) is 3.42. The summed E-state index contributed by atoms with van der Waals surface area (Å²) in [6.07, 6.45) is 2.82. The first-order valence-corrected chi connectivity index (χ1v) is 3.80. The maximum absolute atomic E-state index is 10.6. The van der Waals surface area contributed by atoms with Gasteiger partial charge >= 0.3 is 6.09 Å². The van der Waals surface area contributed by atoms with Gasteiger partial charge in [0.25, 0.3) is 0 Å². The van der Waals surface area contributed by atoms with E-state index in [0.717, 1.165) is 5.56 Å². The molecule has 0 unspecified atom stereocenters. The molecule has 0 saturated heterocycles. The fourth-order valence-electron chi connectivity index (χ4n) is 0.776. The Morgan fingerprint density at radius 3 is 2.85 bits per heavy atom. The Labute approximate surface area is 77.0 Å². The van der Waals surface area contributed by atoms with Crippen LogP contribution in [0.5, 0.6) is 0 Å². The number of nitrogens with one attached hydrogen (secondary N) is 1. The van der Waals surface area contributed by atoms with Crippen LogP contribution >= 0.6 is 0 Å². The largest absolute Gasteiger partial charge is 0.453 e. The molecule has 1 radical (unpaired) electrons. The minimum absolute atomic E-state index is 0.473. The number of methoxy groups -OCH3 is 1. The minimum atomic E-state index is -0.473.